The van der Waals surface area contributed by atoms with Gasteiger partial charge in [-0.2, -0.15) is 23.5 Å². The molecule has 0 spiro atoms. The number of carbonyl (C=O) groups is 4. The Labute approximate surface area is 510 Å². The summed E-state index contributed by atoms with van der Waals surface area (Å²) in [4.78, 5) is 45.4. The summed E-state index contributed by atoms with van der Waals surface area (Å²) in [7, 11) is -13.0. The van der Waals surface area contributed by atoms with Crippen LogP contribution in [0.25, 0.3) is 0 Å². The fourth-order valence-corrected chi connectivity index (χ4v) is 12.4. The van der Waals surface area contributed by atoms with E-state index < -0.39 is 49.8 Å². The summed E-state index contributed by atoms with van der Waals surface area (Å²) in [5.41, 5.74) is 0. The molecule has 436 valence electrons. The number of rotatable bonds is 14. The predicted molar refractivity (Wildman–Crippen MR) is 282 cm³/mol. The standard InChI is InChI=1S/C16H18Cl2N2O6S2.C11H14Cl2N2O4S.C10H16N2O3S.4CH4.F6P.K/c17-9-5-8(28(23,24)25)6-10(18)15(9)26-13(21)4-2-1-3-12-14-11(7-27-12)19-16(22)20-14;1-14(2)11(15(3)4)19-10-8(12)5-7(6-9(10)13)20(16,17)18;13-8(14)4-2-1-3-7-9-6(5-16-7)11-10(15)12-9;;;;;1-7(2,3,4,5)6;/h5-6,11-12,14H,1-4,7H2,(H2,19,20,22)(H,23,24,25);5-6H,1-4H3;6-7,9H,1-5H2,(H,13,14)(H2,11,12,15);4*1H4;;/q;;;;;;;-1;+1/p-1. The third kappa shape index (κ3) is 28.3. The number of aliphatic carboxylic acids is 1. The van der Waals surface area contributed by atoms with Crippen LogP contribution in [0.5, 0.6) is 11.5 Å². The van der Waals surface area contributed by atoms with Crippen molar-refractivity contribution in [2.75, 3.05) is 39.7 Å². The summed E-state index contributed by atoms with van der Waals surface area (Å²) in [5, 5.41) is 20.3. The number of esters is 1. The second-order valence-corrected chi connectivity index (χ2v) is 24.9. The van der Waals surface area contributed by atoms with Crippen molar-refractivity contribution < 1.29 is 141 Å². The molecule has 2 aromatic rings. The van der Waals surface area contributed by atoms with E-state index in [0.717, 1.165) is 67.9 Å². The van der Waals surface area contributed by atoms with E-state index in [9.17, 15) is 70.3 Å². The van der Waals surface area contributed by atoms with Crippen LogP contribution in [0.15, 0.2) is 34.1 Å². The maximum absolute atomic E-state index is 12.0. The molecule has 4 aliphatic rings. The van der Waals surface area contributed by atoms with E-state index in [1.807, 2.05) is 11.8 Å². The summed E-state index contributed by atoms with van der Waals surface area (Å²) in [6.07, 6.45) is 5.23. The number of carboxylic acids is 1. The molecule has 35 heteroatoms. The molecule has 76 heavy (non-hydrogen) atoms. The van der Waals surface area contributed by atoms with E-state index in [1.54, 1.807) is 49.4 Å². The van der Waals surface area contributed by atoms with Gasteiger partial charge in [0.1, 0.15) is 20.2 Å². The zero-order chi connectivity index (χ0) is 54.1. The first kappa shape index (κ1) is 78.7. The molecule has 0 bridgehead atoms. The summed E-state index contributed by atoms with van der Waals surface area (Å²) in [6.45, 7) is 0. The topological polar surface area (TPSA) is 276 Å². The quantitative estimate of drug-likeness (QED) is 0.0103. The Kier molecular flexibility index (Phi) is 32.8. The van der Waals surface area contributed by atoms with Crippen molar-refractivity contribution in [2.24, 2.45) is 0 Å². The minimum absolute atomic E-state index is 0. The molecule has 0 saturated carbocycles. The molecule has 6 rings (SSSR count). The summed E-state index contributed by atoms with van der Waals surface area (Å²) in [6, 6.07) is 4.85. The Morgan fingerprint density at radius 2 is 1.01 bits per heavy atom. The van der Waals surface area contributed by atoms with Gasteiger partial charge in [-0.3, -0.25) is 9.59 Å². The van der Waals surface area contributed by atoms with Crippen LogP contribution in [-0.4, -0.2) is 145 Å². The largest absolute Gasteiger partial charge is 1.00 e. The second kappa shape index (κ2) is 31.7. The van der Waals surface area contributed by atoms with Crippen molar-refractivity contribution in [3.63, 3.8) is 0 Å². The normalized spacial score (nSPS) is 20.6. The molecule has 2 aromatic carbocycles. The van der Waals surface area contributed by atoms with E-state index >= 15 is 0 Å². The van der Waals surface area contributed by atoms with Gasteiger partial charge in [0, 0.05) is 34.8 Å². The number of unbranched alkanes of at least 4 members (excludes halogenated alkanes) is 2. The fraction of sp³-hybridized carbons (Fsp3) is 0.585. The smallest absolute Gasteiger partial charge is 0.744 e. The Morgan fingerprint density at radius 3 is 1.32 bits per heavy atom. The predicted octanol–water partition coefficient (Wildman–Crippen LogP) is 7.72. The zero-order valence-corrected chi connectivity index (χ0v) is 48.8. The first-order valence-corrected chi connectivity index (χ1v) is 28.9. The maximum Gasteiger partial charge on any atom is 1.00 e. The van der Waals surface area contributed by atoms with Gasteiger partial charge >= 0.3 is 114 Å². The first-order valence-electron chi connectivity index (χ1n) is 20.5. The molecular weight excluding hydrogens is 1240 g/mol. The van der Waals surface area contributed by atoms with Crippen LogP contribution in [-0.2, 0) is 29.8 Å². The van der Waals surface area contributed by atoms with Gasteiger partial charge < -0.3 is 45.0 Å². The molecule has 4 saturated heterocycles. The number of ether oxygens (including phenoxy) is 2. The average Bonchev–Trinajstić information content (AvgIpc) is 3.96. The van der Waals surface area contributed by atoms with Crippen LogP contribution < -0.4 is 82.1 Å². The van der Waals surface area contributed by atoms with Gasteiger partial charge in [-0.25, -0.2) is 35.9 Å². The maximum atomic E-state index is 12.0. The molecule has 4 aliphatic heterocycles. The SMILES string of the molecule is C.C.C.C.CN(C)C(Oc1c(Cl)cc(S(=O)(=O)[O-])cc1Cl)=[N+](C)C.F[P-](F)(F)(F)(F)F.O=C(O)CCCCC1SCC2NC(=O)NC21.O=C1NC2CSC(CCCCC(=O)Oc3c(Cl)cc(S(=O)(=O)[O-])cc3Cl)C2N1.[K+]. The monoisotopic (exact) mass is 1300 g/mol. The number of carboxylic acid groups (broad SMARTS) is 1. The van der Waals surface area contributed by atoms with Gasteiger partial charge in [-0.1, -0.05) is 89.0 Å². The molecule has 5 N–H and O–H groups in total. The minimum Gasteiger partial charge on any atom is -0.744 e. The van der Waals surface area contributed by atoms with Crippen molar-refractivity contribution in [1.29, 1.82) is 0 Å². The molecule has 4 fully saturated rings. The van der Waals surface area contributed by atoms with E-state index in [1.165, 1.54) is 0 Å². The number of nitrogens with zero attached hydrogens (tertiary/aromatic N) is 2. The van der Waals surface area contributed by atoms with Gasteiger partial charge in [0.2, 0.25) is 0 Å². The third-order valence-electron chi connectivity index (χ3n) is 9.82. The second-order valence-electron chi connectivity index (χ2n) is 16.1. The number of hydrogen-bond acceptors (Lipinski definition) is 14. The number of carbonyl (C=O) groups excluding carboxylic acids is 3. The number of fused-ring (bicyclic) bond motifs is 2. The van der Waals surface area contributed by atoms with Crippen molar-refractivity contribution in [3.05, 3.63) is 44.4 Å². The molecule has 0 aliphatic carbocycles. The summed E-state index contributed by atoms with van der Waals surface area (Å²) >= 11 is 27.3. The average molecular weight is 1300 g/mol. The van der Waals surface area contributed by atoms with Crippen molar-refractivity contribution in [1.82, 2.24) is 26.2 Å². The number of nitrogens with one attached hydrogen (secondary N) is 4. The van der Waals surface area contributed by atoms with Gasteiger partial charge in [0.15, 0.2) is 11.5 Å². The Morgan fingerprint density at radius 1 is 0.684 bits per heavy atom. The molecule has 4 amide bonds. The number of halogens is 10. The van der Waals surface area contributed by atoms with Crippen LogP contribution in [0, 0.1) is 0 Å². The van der Waals surface area contributed by atoms with Crippen molar-refractivity contribution in [2.45, 2.75) is 126 Å². The molecule has 4 heterocycles. The van der Waals surface area contributed by atoms with E-state index in [-0.39, 0.29) is 162 Å². The molecule has 19 nitrogen and oxygen atoms in total. The zero-order valence-electron chi connectivity index (χ0n) is 38.4. The van der Waals surface area contributed by atoms with Crippen molar-refractivity contribution in [3.8, 4) is 11.5 Å². The van der Waals surface area contributed by atoms with Crippen molar-refractivity contribution >= 4 is 128 Å². The molecule has 0 aromatic heterocycles. The van der Waals surface area contributed by atoms with Gasteiger partial charge in [-0.15, -0.1) is 0 Å². The van der Waals surface area contributed by atoms with Crippen LogP contribution >= 0.6 is 77.7 Å². The number of urea groups is 2. The van der Waals surface area contributed by atoms with E-state index in [4.69, 9.17) is 61.0 Å². The minimum atomic E-state index is -10.7. The Balaban J connectivity index is -0.000000987. The summed E-state index contributed by atoms with van der Waals surface area (Å²) < 4.78 is 138. The number of amides is 4. The number of benzene rings is 2. The van der Waals surface area contributed by atoms with Crippen LogP contribution in [0.4, 0.5) is 34.8 Å². The van der Waals surface area contributed by atoms with E-state index in [0.29, 0.717) is 22.9 Å². The Bertz CT molecular complexity index is 2530. The first-order chi connectivity index (χ1) is 32.3. The summed E-state index contributed by atoms with van der Waals surface area (Å²) in [5.74, 6) is 0.463. The van der Waals surface area contributed by atoms with Gasteiger partial charge in [-0.05, 0) is 49.9 Å². The fourth-order valence-electron chi connectivity index (χ4n) is 6.92. The van der Waals surface area contributed by atoms with Gasteiger partial charge in [0.05, 0.1) is 82.2 Å². The number of hydrogen-bond donors (Lipinski definition) is 5. The molecular formula is C41H63Cl4F6KN6O13PS4-. The molecule has 6 unspecified atom stereocenters. The van der Waals surface area contributed by atoms with E-state index in [2.05, 4.69) is 21.3 Å². The third-order valence-corrected chi connectivity index (χ3v) is 15.6. The molecule has 6 atom stereocenters. The van der Waals surface area contributed by atoms with Crippen LogP contribution in [0.3, 0.4) is 0 Å². The van der Waals surface area contributed by atoms with Crippen LogP contribution in [0.1, 0.15) is 81.1 Å². The van der Waals surface area contributed by atoms with Gasteiger partial charge in [0.25, 0.3) is 0 Å². The number of thioether (sulfide) groups is 2. The van der Waals surface area contributed by atoms with Crippen LogP contribution in [0.2, 0.25) is 20.1 Å². The molecule has 0 radical (unpaired) electrons. The Hall–Kier alpha value is -1.48. The number of amidine groups is 1.